The van der Waals surface area contributed by atoms with Crippen molar-refractivity contribution in [2.75, 3.05) is 13.1 Å². The number of aromatic nitrogens is 1. The van der Waals surface area contributed by atoms with Gasteiger partial charge in [0, 0.05) is 37.3 Å². The molecule has 4 heteroatoms. The van der Waals surface area contributed by atoms with E-state index in [0.29, 0.717) is 11.9 Å². The molecule has 4 aliphatic carbocycles. The summed E-state index contributed by atoms with van der Waals surface area (Å²) in [6.45, 7) is 3.04. The molecule has 0 atom stereocenters. The average Bonchev–Trinajstić information content (AvgIpc) is 2.63. The molecule has 1 aromatic heterocycles. The molecule has 2 heterocycles. The highest BCUT2D eigenvalue weighted by molar-refractivity contribution is 5.83. The molecule has 0 spiro atoms. The summed E-state index contributed by atoms with van der Waals surface area (Å²) in [7, 11) is 0. The molecule has 5 aliphatic rings. The molecular formula is C22H31N3O. The normalized spacial score (nSPS) is 37.0. The van der Waals surface area contributed by atoms with Crippen molar-refractivity contribution in [3.63, 3.8) is 0 Å². The van der Waals surface area contributed by atoms with Gasteiger partial charge in [0.05, 0.1) is 5.69 Å². The molecule has 0 aromatic carbocycles. The van der Waals surface area contributed by atoms with E-state index in [2.05, 4.69) is 27.3 Å². The Morgan fingerprint density at radius 1 is 1.08 bits per heavy atom. The maximum atomic E-state index is 13.2. The summed E-state index contributed by atoms with van der Waals surface area (Å²) in [4.78, 5) is 20.1. The largest absolute Gasteiger partial charge is 0.353 e. The molecular weight excluding hydrogens is 322 g/mol. The lowest BCUT2D eigenvalue weighted by Gasteiger charge is -2.56. The first-order valence-corrected chi connectivity index (χ1v) is 10.6. The van der Waals surface area contributed by atoms with Gasteiger partial charge < -0.3 is 5.32 Å². The van der Waals surface area contributed by atoms with Gasteiger partial charge in [-0.25, -0.2) is 0 Å². The van der Waals surface area contributed by atoms with E-state index in [1.807, 2.05) is 12.3 Å². The van der Waals surface area contributed by atoms with Crippen molar-refractivity contribution in [1.29, 1.82) is 0 Å². The summed E-state index contributed by atoms with van der Waals surface area (Å²) in [5.74, 6) is 2.92. The highest BCUT2D eigenvalue weighted by atomic mass is 16.2. The molecule has 1 N–H and O–H groups in total. The monoisotopic (exact) mass is 353 g/mol. The van der Waals surface area contributed by atoms with Crippen molar-refractivity contribution in [2.24, 2.45) is 23.2 Å². The molecule has 6 rings (SSSR count). The number of pyridine rings is 1. The van der Waals surface area contributed by atoms with Crippen molar-refractivity contribution >= 4 is 5.91 Å². The SMILES string of the molecule is O=C(NC1CCN(Cc2ccccn2)CC1)C12CC3CC(CC(C3)C1)C2. The van der Waals surface area contributed by atoms with Crippen LogP contribution in [-0.4, -0.2) is 34.9 Å². The van der Waals surface area contributed by atoms with Gasteiger partial charge in [-0.05, 0) is 81.3 Å². The van der Waals surface area contributed by atoms with E-state index in [-0.39, 0.29) is 5.41 Å². The first kappa shape index (κ1) is 16.7. The average molecular weight is 354 g/mol. The van der Waals surface area contributed by atoms with Crippen molar-refractivity contribution < 1.29 is 4.79 Å². The Labute approximate surface area is 156 Å². The number of rotatable bonds is 4. The summed E-state index contributed by atoms with van der Waals surface area (Å²) in [6.07, 6.45) is 11.7. The second-order valence-electron chi connectivity index (χ2n) is 9.54. The van der Waals surface area contributed by atoms with Gasteiger partial charge in [0.1, 0.15) is 0 Å². The van der Waals surface area contributed by atoms with Gasteiger partial charge in [0.15, 0.2) is 0 Å². The zero-order valence-electron chi connectivity index (χ0n) is 15.7. The number of carbonyl (C=O) groups excluding carboxylic acids is 1. The second-order valence-corrected chi connectivity index (χ2v) is 9.54. The van der Waals surface area contributed by atoms with Gasteiger partial charge >= 0.3 is 0 Å². The molecule has 1 saturated heterocycles. The van der Waals surface area contributed by atoms with Crippen LogP contribution in [0.15, 0.2) is 24.4 Å². The van der Waals surface area contributed by atoms with E-state index >= 15 is 0 Å². The Bertz CT molecular complexity index is 615. The summed E-state index contributed by atoms with van der Waals surface area (Å²) in [5.41, 5.74) is 1.14. The highest BCUT2D eigenvalue weighted by Gasteiger charge is 2.54. The van der Waals surface area contributed by atoms with Gasteiger partial charge in [0.25, 0.3) is 0 Å². The lowest BCUT2D eigenvalue weighted by atomic mass is 9.49. The van der Waals surface area contributed by atoms with E-state index in [1.165, 1.54) is 38.5 Å². The van der Waals surface area contributed by atoms with Crippen LogP contribution in [0, 0.1) is 23.2 Å². The molecule has 4 nitrogen and oxygen atoms in total. The minimum atomic E-state index is -0.000156. The first-order chi connectivity index (χ1) is 12.7. The van der Waals surface area contributed by atoms with E-state index in [1.54, 1.807) is 0 Å². The van der Waals surface area contributed by atoms with Gasteiger partial charge in [-0.15, -0.1) is 0 Å². The van der Waals surface area contributed by atoms with Gasteiger partial charge in [-0.1, -0.05) is 6.07 Å². The molecule has 140 valence electrons. The van der Waals surface area contributed by atoms with Crippen LogP contribution in [0.25, 0.3) is 0 Å². The minimum absolute atomic E-state index is 0.000156. The first-order valence-electron chi connectivity index (χ1n) is 10.6. The number of piperidine rings is 1. The Balaban J connectivity index is 1.15. The predicted octanol–water partition coefficient (Wildman–Crippen LogP) is 3.38. The summed E-state index contributed by atoms with van der Waals surface area (Å²) >= 11 is 0. The fourth-order valence-corrected chi connectivity index (χ4v) is 6.68. The second kappa shape index (κ2) is 6.63. The van der Waals surface area contributed by atoms with Crippen molar-refractivity contribution in [3.8, 4) is 0 Å². The van der Waals surface area contributed by atoms with E-state index in [0.717, 1.165) is 55.9 Å². The molecule has 1 aromatic rings. The number of nitrogens with zero attached hydrogens (tertiary/aromatic N) is 2. The molecule has 0 unspecified atom stereocenters. The minimum Gasteiger partial charge on any atom is -0.353 e. The molecule has 1 amide bonds. The molecule has 26 heavy (non-hydrogen) atoms. The van der Waals surface area contributed by atoms with Gasteiger partial charge in [0.2, 0.25) is 5.91 Å². The van der Waals surface area contributed by atoms with Crippen LogP contribution in [0.3, 0.4) is 0 Å². The van der Waals surface area contributed by atoms with Crippen molar-refractivity contribution in [2.45, 2.75) is 64.0 Å². The zero-order valence-corrected chi connectivity index (χ0v) is 15.7. The molecule has 4 bridgehead atoms. The van der Waals surface area contributed by atoms with E-state index in [4.69, 9.17) is 0 Å². The Hall–Kier alpha value is -1.42. The van der Waals surface area contributed by atoms with Gasteiger partial charge in [-0.2, -0.15) is 0 Å². The Morgan fingerprint density at radius 3 is 2.31 bits per heavy atom. The lowest BCUT2D eigenvalue weighted by Crippen LogP contribution is -2.56. The summed E-state index contributed by atoms with van der Waals surface area (Å²) in [5, 5.41) is 3.48. The van der Waals surface area contributed by atoms with Crippen LogP contribution in [0.4, 0.5) is 0 Å². The van der Waals surface area contributed by atoms with Crippen LogP contribution < -0.4 is 5.32 Å². The van der Waals surface area contributed by atoms with Crippen LogP contribution in [0.1, 0.15) is 57.1 Å². The standard InChI is InChI=1S/C22H31N3O/c26-21(22-12-16-9-17(13-22)11-18(10-16)14-22)24-19-4-7-25(8-5-19)15-20-3-1-2-6-23-20/h1-3,6,16-19H,4-5,7-15H2,(H,24,26). The number of hydrogen-bond donors (Lipinski definition) is 1. The van der Waals surface area contributed by atoms with Crippen LogP contribution in [0.2, 0.25) is 0 Å². The topological polar surface area (TPSA) is 45.2 Å². The van der Waals surface area contributed by atoms with Gasteiger partial charge in [-0.3, -0.25) is 14.7 Å². The van der Waals surface area contributed by atoms with Crippen molar-refractivity contribution in [3.05, 3.63) is 30.1 Å². The third-order valence-electron chi connectivity index (χ3n) is 7.55. The number of carbonyl (C=O) groups is 1. The number of nitrogens with one attached hydrogen (secondary N) is 1. The smallest absolute Gasteiger partial charge is 0.226 e. The Morgan fingerprint density at radius 2 is 1.73 bits per heavy atom. The third kappa shape index (κ3) is 3.17. The zero-order chi connectivity index (χ0) is 17.6. The predicted molar refractivity (Wildman–Crippen MR) is 101 cm³/mol. The number of likely N-dealkylation sites (tertiary alicyclic amines) is 1. The molecule has 0 radical (unpaired) electrons. The highest BCUT2D eigenvalue weighted by Crippen LogP contribution is 2.60. The fourth-order valence-electron chi connectivity index (χ4n) is 6.68. The van der Waals surface area contributed by atoms with E-state index < -0.39 is 0 Å². The van der Waals surface area contributed by atoms with Crippen LogP contribution in [0.5, 0.6) is 0 Å². The summed E-state index contributed by atoms with van der Waals surface area (Å²) in [6, 6.07) is 6.49. The molecule has 1 aliphatic heterocycles. The van der Waals surface area contributed by atoms with Crippen molar-refractivity contribution in [1.82, 2.24) is 15.2 Å². The van der Waals surface area contributed by atoms with E-state index in [9.17, 15) is 4.79 Å². The Kier molecular flexibility index (Phi) is 4.27. The fraction of sp³-hybridized carbons (Fsp3) is 0.727. The lowest BCUT2D eigenvalue weighted by molar-refractivity contribution is -0.147. The maximum Gasteiger partial charge on any atom is 0.226 e. The number of hydrogen-bond acceptors (Lipinski definition) is 3. The third-order valence-corrected chi connectivity index (χ3v) is 7.55. The number of amides is 1. The van der Waals surface area contributed by atoms with Crippen LogP contribution >= 0.6 is 0 Å². The molecule has 5 fully saturated rings. The molecule has 4 saturated carbocycles. The summed E-state index contributed by atoms with van der Waals surface area (Å²) < 4.78 is 0. The quantitative estimate of drug-likeness (QED) is 0.902. The van der Waals surface area contributed by atoms with Crippen LogP contribution in [-0.2, 0) is 11.3 Å². The maximum absolute atomic E-state index is 13.2.